The van der Waals surface area contributed by atoms with E-state index in [1.54, 1.807) is 64.1 Å². The van der Waals surface area contributed by atoms with Crippen LogP contribution < -0.4 is 14.8 Å². The number of ether oxygens (including phenoxy) is 5. The molecule has 15 heteroatoms. The molecule has 0 fully saturated rings. The summed E-state index contributed by atoms with van der Waals surface area (Å²) in [7, 11) is 2.94. The number of phenolic OH excluding ortho intramolecular Hbond substituents is 3. The van der Waals surface area contributed by atoms with Gasteiger partial charge >= 0.3 is 11.8 Å². The molecule has 9 atom stereocenters. The summed E-state index contributed by atoms with van der Waals surface area (Å²) in [6, 6.07) is 6.60. The average Bonchev–Trinajstić information content (AvgIpc) is 3.49. The van der Waals surface area contributed by atoms with Crippen LogP contribution in [-0.4, -0.2) is 93.8 Å². The zero-order valence-electron chi connectivity index (χ0n) is 35.3. The number of anilines is 1. The summed E-state index contributed by atoms with van der Waals surface area (Å²) in [6.45, 7) is 12.4. The number of amides is 1. The Labute approximate surface area is 348 Å². The molecule has 0 saturated heterocycles. The Kier molecular flexibility index (Phi) is 13.7. The minimum absolute atomic E-state index is 0.0335. The molecule has 3 heterocycles. The highest BCUT2D eigenvalue weighted by molar-refractivity contribution is 6.24. The first-order chi connectivity index (χ1) is 28.3. The second-order valence-corrected chi connectivity index (χ2v) is 15.6. The zero-order chi connectivity index (χ0) is 44.4. The van der Waals surface area contributed by atoms with Crippen LogP contribution in [0.2, 0.25) is 0 Å². The van der Waals surface area contributed by atoms with Crippen LogP contribution in [-0.2, 0) is 23.8 Å². The smallest absolute Gasteiger partial charge is 0.312 e. The number of hydrogen-bond donors (Lipinski definition) is 6. The van der Waals surface area contributed by atoms with Crippen LogP contribution >= 0.6 is 0 Å². The first kappa shape index (κ1) is 45.2. The molecule has 6 N–H and O–H groups in total. The summed E-state index contributed by atoms with van der Waals surface area (Å²) in [5, 5.41) is 60.4. The molecule has 3 aromatic rings. The number of carbonyl (C=O) groups excluding carboxylic acids is 3. The number of hydrogen-bond acceptors (Lipinski definition) is 14. The number of nitrogens with one attached hydrogen (secondary N) is 1. The highest BCUT2D eigenvalue weighted by Crippen LogP contribution is 2.55. The van der Waals surface area contributed by atoms with E-state index in [0.717, 1.165) is 0 Å². The number of aromatic hydroxyl groups is 3. The molecule has 1 amide bonds. The fourth-order valence-corrected chi connectivity index (χ4v) is 7.68. The van der Waals surface area contributed by atoms with E-state index in [1.165, 1.54) is 66.5 Å². The topological polar surface area (TPSA) is 223 Å². The molecule has 9 unspecified atom stereocenters. The van der Waals surface area contributed by atoms with Gasteiger partial charge < -0.3 is 54.5 Å². The van der Waals surface area contributed by atoms with Crippen molar-refractivity contribution in [3.05, 3.63) is 77.1 Å². The number of nitrogens with zero attached hydrogens (tertiary/aromatic N) is 1. The maximum absolute atomic E-state index is 14.4. The lowest BCUT2D eigenvalue weighted by molar-refractivity contribution is -0.160. The van der Waals surface area contributed by atoms with Crippen LogP contribution in [0, 0.1) is 30.6 Å². The first-order valence-electron chi connectivity index (χ1n) is 19.5. The highest BCUT2D eigenvalue weighted by Gasteiger charge is 2.50. The molecule has 3 aliphatic heterocycles. The van der Waals surface area contributed by atoms with E-state index in [2.05, 4.69) is 10.3 Å². The van der Waals surface area contributed by atoms with Crippen molar-refractivity contribution in [1.82, 2.24) is 0 Å². The minimum Gasteiger partial charge on any atom is -0.507 e. The summed E-state index contributed by atoms with van der Waals surface area (Å²) in [5.74, 6) is -8.06. The summed E-state index contributed by atoms with van der Waals surface area (Å²) in [5.41, 5.74) is -0.141. The predicted octanol–water partition coefficient (Wildman–Crippen LogP) is 6.51. The van der Waals surface area contributed by atoms with Crippen molar-refractivity contribution in [2.24, 2.45) is 28.7 Å². The maximum Gasteiger partial charge on any atom is 0.312 e. The number of benzene rings is 3. The highest BCUT2D eigenvalue weighted by atomic mass is 16.7. The number of phenols is 3. The lowest BCUT2D eigenvalue weighted by Gasteiger charge is -2.38. The van der Waals surface area contributed by atoms with Crippen LogP contribution in [0.4, 0.5) is 11.4 Å². The zero-order valence-corrected chi connectivity index (χ0v) is 35.3. The van der Waals surface area contributed by atoms with Gasteiger partial charge in [-0.05, 0) is 44.2 Å². The third-order valence-corrected chi connectivity index (χ3v) is 11.4. The van der Waals surface area contributed by atoms with Gasteiger partial charge in [0.1, 0.15) is 29.1 Å². The lowest BCUT2D eigenvalue weighted by Crippen LogP contribution is -2.46. The first-order valence-corrected chi connectivity index (χ1v) is 19.5. The summed E-state index contributed by atoms with van der Waals surface area (Å²) in [4.78, 5) is 45.0. The molecular formula is C45H54N2O13. The van der Waals surface area contributed by atoms with Crippen molar-refractivity contribution in [3.8, 4) is 28.7 Å². The molecule has 0 aliphatic carbocycles. The van der Waals surface area contributed by atoms with Crippen molar-refractivity contribution in [2.45, 2.75) is 85.6 Å². The van der Waals surface area contributed by atoms with Gasteiger partial charge in [-0.15, -0.1) is 0 Å². The van der Waals surface area contributed by atoms with Gasteiger partial charge in [0.15, 0.2) is 5.75 Å². The van der Waals surface area contributed by atoms with Crippen molar-refractivity contribution in [3.63, 3.8) is 0 Å². The van der Waals surface area contributed by atoms with Gasteiger partial charge in [-0.3, -0.25) is 19.4 Å². The quantitative estimate of drug-likeness (QED) is 0.0699. The lowest BCUT2D eigenvalue weighted by atomic mass is 9.78. The van der Waals surface area contributed by atoms with Crippen molar-refractivity contribution in [2.75, 3.05) is 19.5 Å². The van der Waals surface area contributed by atoms with Gasteiger partial charge in [0.25, 0.3) is 11.7 Å². The SMILES string of the molecule is COc1ccc(N=Cc2c3c(O)c4c(O)c(C)c5c(c4c2O)C(=O)C(C)(O/C=C/C(OC)C(C)C(OC(C)=O)C(C)C(O)C(C)C(O)C(C)/C=C/C=C(/C)C(=O)N3)O5)cc1. The Morgan fingerprint density at radius 1 is 0.900 bits per heavy atom. The summed E-state index contributed by atoms with van der Waals surface area (Å²) < 4.78 is 28.8. The fraction of sp³-hybridized carbons (Fsp3) is 0.422. The molecule has 3 aromatic carbocycles. The van der Waals surface area contributed by atoms with E-state index < -0.39 is 88.8 Å². The standard InChI is InChI=1S/C45H54N2O13/c1-21-12-11-13-22(2)44(55)47-35-30(20-46-28-14-16-29(56-9)17-15-28)39(52)32-33(40(35)53)38(51)26(6)42-34(32)43(54)45(8,60-42)58-19-18-31(57-10)23(3)41(59-27(7)48)25(5)37(50)24(4)36(21)49/h11-21,23-25,31,36-37,41,49-53H,1-10H3,(H,47,55)/b12-11+,19-18+,22-13-,46-20?. The van der Waals surface area contributed by atoms with Gasteiger partial charge in [-0.25, -0.2) is 0 Å². The summed E-state index contributed by atoms with van der Waals surface area (Å²) in [6.07, 6.45) is 4.64. The van der Waals surface area contributed by atoms with E-state index in [1.807, 2.05) is 0 Å². The van der Waals surface area contributed by atoms with Crippen LogP contribution in [0.3, 0.4) is 0 Å². The Bertz CT molecular complexity index is 2260. The summed E-state index contributed by atoms with van der Waals surface area (Å²) >= 11 is 0. The van der Waals surface area contributed by atoms with Crippen molar-refractivity contribution < 1.29 is 63.6 Å². The Morgan fingerprint density at radius 3 is 2.18 bits per heavy atom. The number of Topliss-reactive ketones (excluding diaryl/α,β-unsaturated/α-hetero) is 1. The van der Waals surface area contributed by atoms with Crippen molar-refractivity contribution in [1.29, 1.82) is 0 Å². The van der Waals surface area contributed by atoms with Gasteiger partial charge in [0.05, 0.1) is 59.6 Å². The number of aliphatic hydroxyl groups is 2. The molecule has 3 aliphatic rings. The van der Waals surface area contributed by atoms with Crippen LogP contribution in [0.15, 0.2) is 65.4 Å². The molecule has 5 bridgehead atoms. The van der Waals surface area contributed by atoms with Gasteiger partial charge in [-0.2, -0.15) is 0 Å². The molecular weight excluding hydrogens is 776 g/mol. The number of allylic oxidation sites excluding steroid dienone is 2. The molecule has 6 rings (SSSR count). The minimum atomic E-state index is -2.07. The molecule has 15 nitrogen and oxygen atoms in total. The number of methoxy groups -OCH3 is 2. The predicted molar refractivity (Wildman–Crippen MR) is 224 cm³/mol. The van der Waals surface area contributed by atoms with Gasteiger partial charge in [0, 0.05) is 67.4 Å². The molecule has 0 saturated carbocycles. The van der Waals surface area contributed by atoms with E-state index in [9.17, 15) is 39.9 Å². The second kappa shape index (κ2) is 18.2. The van der Waals surface area contributed by atoms with Gasteiger partial charge in [-0.1, -0.05) is 45.9 Å². The van der Waals surface area contributed by atoms with Crippen LogP contribution in [0.25, 0.3) is 10.8 Å². The monoisotopic (exact) mass is 830 g/mol. The third-order valence-electron chi connectivity index (χ3n) is 11.4. The van der Waals surface area contributed by atoms with E-state index in [0.29, 0.717) is 11.4 Å². The number of rotatable bonds is 5. The molecule has 322 valence electrons. The normalized spacial score (nSPS) is 29.7. The molecule has 0 radical (unpaired) electrons. The average molecular weight is 831 g/mol. The number of aliphatic hydroxyl groups excluding tert-OH is 2. The molecule has 0 spiro atoms. The number of ketones is 1. The number of esters is 1. The maximum atomic E-state index is 14.4. The number of carbonyl (C=O) groups is 3. The number of aliphatic imine (C=N–C) groups is 1. The Morgan fingerprint density at radius 2 is 1.57 bits per heavy atom. The Balaban J connectivity index is 1.73. The molecule has 0 aromatic heterocycles. The third kappa shape index (κ3) is 8.69. The van der Waals surface area contributed by atoms with Crippen LogP contribution in [0.5, 0.6) is 28.7 Å². The van der Waals surface area contributed by atoms with Crippen LogP contribution in [0.1, 0.15) is 70.0 Å². The number of fused-ring (bicyclic) bond motifs is 14. The Hall–Kier alpha value is -5.90. The van der Waals surface area contributed by atoms with E-state index in [-0.39, 0.29) is 44.5 Å². The van der Waals surface area contributed by atoms with Crippen molar-refractivity contribution >= 4 is 46.0 Å². The second-order valence-electron chi connectivity index (χ2n) is 15.6. The largest absolute Gasteiger partial charge is 0.507 e. The molecule has 60 heavy (non-hydrogen) atoms. The van der Waals surface area contributed by atoms with E-state index in [4.69, 9.17) is 23.7 Å². The van der Waals surface area contributed by atoms with E-state index >= 15 is 0 Å². The fourth-order valence-electron chi connectivity index (χ4n) is 7.68. The van der Waals surface area contributed by atoms with Gasteiger partial charge in [0.2, 0.25) is 0 Å².